The molecule has 1 aromatic carbocycles. The topological polar surface area (TPSA) is 52.9 Å². The van der Waals surface area contributed by atoms with Crippen LogP contribution in [0, 0.1) is 17.2 Å². The number of carbonyl (C=O) groups excluding carboxylic acids is 1. The van der Waals surface area contributed by atoms with Crippen LogP contribution < -0.4 is 5.32 Å². The molecule has 0 bridgehead atoms. The molecule has 0 saturated heterocycles. The molecule has 0 radical (unpaired) electrons. The lowest BCUT2D eigenvalue weighted by Gasteiger charge is -2.10. The highest BCUT2D eigenvalue weighted by Crippen LogP contribution is 2.30. The number of rotatable bonds is 3. The van der Waals surface area contributed by atoms with E-state index in [9.17, 15) is 4.79 Å². The van der Waals surface area contributed by atoms with Crippen LogP contribution in [0.15, 0.2) is 24.3 Å². The number of amides is 1. The summed E-state index contributed by atoms with van der Waals surface area (Å²) in [7, 11) is 0. The third-order valence-electron chi connectivity index (χ3n) is 3.28. The predicted molar refractivity (Wildman–Crippen MR) is 73.5 cm³/mol. The average Bonchev–Trinajstić information content (AvgIpc) is 2.82. The minimum atomic E-state index is -0.0925. The molecule has 1 N–H and O–H groups in total. The second-order valence-electron chi connectivity index (χ2n) is 4.68. The fourth-order valence-electron chi connectivity index (χ4n) is 2.27. The number of alkyl halides is 1. The van der Waals surface area contributed by atoms with Crippen LogP contribution in [-0.4, -0.2) is 17.3 Å². The Morgan fingerprint density at radius 1 is 1.50 bits per heavy atom. The number of nitrogens with zero attached hydrogens (tertiary/aromatic N) is 1. The summed E-state index contributed by atoms with van der Waals surface area (Å²) in [4.78, 5) is 12.5. The third-order valence-corrected chi connectivity index (χ3v) is 4.11. The highest BCUT2D eigenvalue weighted by Gasteiger charge is 2.22. The predicted octanol–water partition coefficient (Wildman–Crippen LogP) is 2.85. The number of carbonyl (C=O) groups is 1. The summed E-state index contributed by atoms with van der Waals surface area (Å²) in [5.74, 6) is 0.475. The Balaban J connectivity index is 1.89. The zero-order valence-electron chi connectivity index (χ0n) is 10.0. The van der Waals surface area contributed by atoms with Gasteiger partial charge in [0.2, 0.25) is 0 Å². The second kappa shape index (κ2) is 6.01. The van der Waals surface area contributed by atoms with Crippen LogP contribution in [0.5, 0.6) is 0 Å². The molecule has 4 heteroatoms. The van der Waals surface area contributed by atoms with Gasteiger partial charge in [0.15, 0.2) is 0 Å². The zero-order valence-corrected chi connectivity index (χ0v) is 11.6. The van der Waals surface area contributed by atoms with Crippen LogP contribution in [0.25, 0.3) is 0 Å². The molecule has 0 aliphatic heterocycles. The molecule has 1 aliphatic carbocycles. The van der Waals surface area contributed by atoms with Crippen molar-refractivity contribution < 1.29 is 4.79 Å². The Hall–Kier alpha value is -1.34. The van der Waals surface area contributed by atoms with E-state index in [2.05, 4.69) is 21.2 Å². The van der Waals surface area contributed by atoms with Crippen LogP contribution in [-0.2, 0) is 0 Å². The first-order valence-corrected chi connectivity index (χ1v) is 7.03. The molecule has 1 amide bonds. The van der Waals surface area contributed by atoms with E-state index in [4.69, 9.17) is 5.26 Å². The average molecular weight is 307 g/mol. The number of halogens is 1. The Kier molecular flexibility index (Phi) is 4.38. The van der Waals surface area contributed by atoms with Crippen molar-refractivity contribution in [1.29, 1.82) is 5.26 Å². The minimum Gasteiger partial charge on any atom is -0.352 e. The van der Waals surface area contributed by atoms with Crippen LogP contribution in [0.3, 0.4) is 0 Å². The fraction of sp³-hybridized carbons (Fsp3) is 0.429. The molecule has 1 saturated carbocycles. The fourth-order valence-corrected chi connectivity index (χ4v) is 3.06. The van der Waals surface area contributed by atoms with E-state index in [1.807, 2.05) is 6.07 Å². The normalized spacial score (nSPS) is 22.4. The van der Waals surface area contributed by atoms with Crippen LogP contribution in [0.4, 0.5) is 0 Å². The van der Waals surface area contributed by atoms with E-state index in [0.29, 0.717) is 21.9 Å². The van der Waals surface area contributed by atoms with E-state index >= 15 is 0 Å². The van der Waals surface area contributed by atoms with Gasteiger partial charge >= 0.3 is 0 Å². The molecule has 94 valence electrons. The molecular formula is C14H15BrN2O. The Bertz CT molecular complexity index is 481. The third kappa shape index (κ3) is 3.33. The quantitative estimate of drug-likeness (QED) is 0.873. The summed E-state index contributed by atoms with van der Waals surface area (Å²) in [6, 6.07) is 8.83. The SMILES string of the molecule is N#Cc1cccc(C(=O)NCC2CCC(Br)C2)c1. The lowest BCUT2D eigenvalue weighted by Crippen LogP contribution is -2.28. The Morgan fingerprint density at radius 3 is 3.00 bits per heavy atom. The lowest BCUT2D eigenvalue weighted by molar-refractivity contribution is 0.0947. The summed E-state index contributed by atoms with van der Waals surface area (Å²) < 4.78 is 0. The molecule has 1 aromatic rings. The summed E-state index contributed by atoms with van der Waals surface area (Å²) in [5.41, 5.74) is 1.08. The Morgan fingerprint density at radius 2 is 2.33 bits per heavy atom. The number of benzene rings is 1. The molecular weight excluding hydrogens is 292 g/mol. The number of hydrogen-bond donors (Lipinski definition) is 1. The molecule has 0 spiro atoms. The van der Waals surface area contributed by atoms with Gasteiger partial charge in [-0.15, -0.1) is 0 Å². The number of hydrogen-bond acceptors (Lipinski definition) is 2. The van der Waals surface area contributed by atoms with E-state index in [1.54, 1.807) is 24.3 Å². The maximum atomic E-state index is 11.9. The van der Waals surface area contributed by atoms with Crippen LogP contribution in [0.2, 0.25) is 0 Å². The standard InChI is InChI=1S/C14H15BrN2O/c15-13-5-4-11(7-13)9-17-14(18)12-3-1-2-10(6-12)8-16/h1-3,6,11,13H,4-5,7,9H2,(H,17,18). The molecule has 1 fully saturated rings. The number of nitriles is 1. The van der Waals surface area contributed by atoms with Crippen molar-refractivity contribution in [3.63, 3.8) is 0 Å². The van der Waals surface area contributed by atoms with Gasteiger partial charge in [0.25, 0.3) is 5.91 Å². The molecule has 0 heterocycles. The molecule has 2 rings (SSSR count). The first-order valence-electron chi connectivity index (χ1n) is 6.11. The second-order valence-corrected chi connectivity index (χ2v) is 5.97. The van der Waals surface area contributed by atoms with Gasteiger partial charge in [-0.05, 0) is 43.4 Å². The van der Waals surface area contributed by atoms with Crippen molar-refractivity contribution >= 4 is 21.8 Å². The van der Waals surface area contributed by atoms with E-state index < -0.39 is 0 Å². The minimum absolute atomic E-state index is 0.0925. The van der Waals surface area contributed by atoms with Crippen molar-refractivity contribution in [3.05, 3.63) is 35.4 Å². The Labute approximate surface area is 115 Å². The molecule has 3 nitrogen and oxygen atoms in total. The summed E-state index contributed by atoms with van der Waals surface area (Å²) in [6.07, 6.45) is 3.47. The lowest BCUT2D eigenvalue weighted by atomic mass is 10.1. The highest BCUT2D eigenvalue weighted by molar-refractivity contribution is 9.09. The van der Waals surface area contributed by atoms with Crippen LogP contribution >= 0.6 is 15.9 Å². The van der Waals surface area contributed by atoms with E-state index in [0.717, 1.165) is 19.4 Å². The first kappa shape index (κ1) is 13.1. The van der Waals surface area contributed by atoms with Gasteiger partial charge in [-0.3, -0.25) is 4.79 Å². The summed E-state index contributed by atoms with van der Waals surface area (Å²) in [5, 5.41) is 11.7. The van der Waals surface area contributed by atoms with E-state index in [1.165, 1.54) is 6.42 Å². The van der Waals surface area contributed by atoms with Crippen molar-refractivity contribution in [2.75, 3.05) is 6.54 Å². The van der Waals surface area contributed by atoms with Gasteiger partial charge < -0.3 is 5.32 Å². The molecule has 2 unspecified atom stereocenters. The van der Waals surface area contributed by atoms with Gasteiger partial charge in [0.05, 0.1) is 11.6 Å². The smallest absolute Gasteiger partial charge is 0.251 e. The maximum absolute atomic E-state index is 11.9. The maximum Gasteiger partial charge on any atom is 0.251 e. The van der Waals surface area contributed by atoms with Gasteiger partial charge in [0.1, 0.15) is 0 Å². The highest BCUT2D eigenvalue weighted by atomic mass is 79.9. The first-order chi connectivity index (χ1) is 8.69. The zero-order chi connectivity index (χ0) is 13.0. The molecule has 18 heavy (non-hydrogen) atoms. The van der Waals surface area contributed by atoms with E-state index in [-0.39, 0.29) is 5.91 Å². The molecule has 2 atom stereocenters. The van der Waals surface area contributed by atoms with Crippen LogP contribution in [0.1, 0.15) is 35.2 Å². The van der Waals surface area contributed by atoms with Crippen molar-refractivity contribution in [2.45, 2.75) is 24.1 Å². The van der Waals surface area contributed by atoms with Crippen molar-refractivity contribution in [3.8, 4) is 6.07 Å². The summed E-state index contributed by atoms with van der Waals surface area (Å²) in [6.45, 7) is 0.720. The van der Waals surface area contributed by atoms with Gasteiger partial charge in [-0.2, -0.15) is 5.26 Å². The van der Waals surface area contributed by atoms with Crippen molar-refractivity contribution in [2.24, 2.45) is 5.92 Å². The van der Waals surface area contributed by atoms with Crippen molar-refractivity contribution in [1.82, 2.24) is 5.32 Å². The molecule has 1 aliphatic rings. The molecule has 0 aromatic heterocycles. The van der Waals surface area contributed by atoms with Gasteiger partial charge in [0, 0.05) is 16.9 Å². The monoisotopic (exact) mass is 306 g/mol. The van der Waals surface area contributed by atoms with Gasteiger partial charge in [-0.25, -0.2) is 0 Å². The number of nitrogens with one attached hydrogen (secondary N) is 1. The van der Waals surface area contributed by atoms with Gasteiger partial charge in [-0.1, -0.05) is 22.0 Å². The summed E-state index contributed by atoms with van der Waals surface area (Å²) >= 11 is 3.60. The largest absolute Gasteiger partial charge is 0.352 e.